The maximum absolute atomic E-state index is 13.0. The van der Waals surface area contributed by atoms with E-state index < -0.39 is 34.4 Å². The summed E-state index contributed by atoms with van der Waals surface area (Å²) < 4.78 is 0. The van der Waals surface area contributed by atoms with Crippen molar-refractivity contribution in [2.24, 2.45) is 11.7 Å². The molecule has 9 nitrogen and oxygen atoms in total. The third kappa shape index (κ3) is 4.24. The fourth-order valence-electron chi connectivity index (χ4n) is 6.51. The van der Waals surface area contributed by atoms with Crippen molar-refractivity contribution in [1.29, 1.82) is 0 Å². The van der Waals surface area contributed by atoms with Gasteiger partial charge in [0.05, 0.1) is 5.60 Å². The number of aromatic hydroxyl groups is 1. The lowest BCUT2D eigenvalue weighted by Crippen LogP contribution is -2.71. The number of carbonyl (C=O) groups is 2. The summed E-state index contributed by atoms with van der Waals surface area (Å²) in [6, 6.07) is 5.70. The van der Waals surface area contributed by atoms with Crippen molar-refractivity contribution >= 4 is 11.8 Å². The number of hydrogen-bond acceptors (Lipinski definition) is 6. The molecule has 9 heteroatoms. The molecule has 5 rings (SSSR count). The second-order valence-corrected chi connectivity index (χ2v) is 11.3. The maximum Gasteiger partial charge on any atom is 0.261 e. The molecule has 2 fully saturated rings. The van der Waals surface area contributed by atoms with Crippen LogP contribution in [0.4, 0.5) is 0 Å². The maximum atomic E-state index is 13.0. The van der Waals surface area contributed by atoms with E-state index in [1.54, 1.807) is 18.2 Å². The van der Waals surface area contributed by atoms with Gasteiger partial charge in [0.15, 0.2) is 0 Å². The number of hydrogen-bond donors (Lipinski definition) is 5. The van der Waals surface area contributed by atoms with Crippen LogP contribution in [0.15, 0.2) is 29.1 Å². The number of primary amides is 1. The van der Waals surface area contributed by atoms with Crippen molar-refractivity contribution in [3.8, 4) is 5.75 Å². The molecule has 3 aliphatic rings. The van der Waals surface area contributed by atoms with Gasteiger partial charge < -0.3 is 26.2 Å². The highest BCUT2D eigenvalue weighted by molar-refractivity contribution is 5.97. The van der Waals surface area contributed by atoms with E-state index in [-0.39, 0.29) is 23.8 Å². The van der Waals surface area contributed by atoms with Crippen LogP contribution in [-0.4, -0.2) is 62.7 Å². The number of likely N-dealkylation sites (tertiary alicyclic amines) is 1. The van der Waals surface area contributed by atoms with Crippen molar-refractivity contribution in [1.82, 2.24) is 15.2 Å². The number of aromatic amines is 1. The van der Waals surface area contributed by atoms with Crippen LogP contribution in [-0.2, 0) is 23.1 Å². The molecule has 2 amide bonds. The first kappa shape index (κ1) is 25.5. The third-order valence-corrected chi connectivity index (χ3v) is 8.99. The van der Waals surface area contributed by atoms with Crippen molar-refractivity contribution < 1.29 is 19.8 Å². The predicted molar refractivity (Wildman–Crippen MR) is 138 cm³/mol. The van der Waals surface area contributed by atoms with Crippen LogP contribution >= 0.6 is 0 Å². The second-order valence-electron chi connectivity index (χ2n) is 11.3. The predicted octanol–water partition coefficient (Wildman–Crippen LogP) is 1.26. The average Bonchev–Trinajstić information content (AvgIpc) is 3.66. The molecule has 0 unspecified atom stereocenters. The highest BCUT2D eigenvalue weighted by Crippen LogP contribution is 2.54. The molecule has 2 aliphatic carbocycles. The van der Waals surface area contributed by atoms with Crippen LogP contribution in [0.1, 0.15) is 65.9 Å². The van der Waals surface area contributed by atoms with Crippen LogP contribution in [0.3, 0.4) is 0 Å². The summed E-state index contributed by atoms with van der Waals surface area (Å²) in [5.74, 6) is -0.582. The molecular weight excluding hydrogens is 472 g/mol. The molecule has 0 spiro atoms. The topological polar surface area (TPSA) is 149 Å². The van der Waals surface area contributed by atoms with Crippen LogP contribution in [0.5, 0.6) is 5.75 Å². The summed E-state index contributed by atoms with van der Waals surface area (Å²) in [6.07, 6.45) is 3.71. The molecule has 0 radical (unpaired) electrons. The number of benzene rings is 1. The molecule has 2 aromatic rings. The van der Waals surface area contributed by atoms with E-state index in [0.29, 0.717) is 30.0 Å². The Morgan fingerprint density at radius 1 is 1.27 bits per heavy atom. The molecule has 1 saturated carbocycles. The molecule has 198 valence electrons. The summed E-state index contributed by atoms with van der Waals surface area (Å²) in [4.78, 5) is 42.5. The summed E-state index contributed by atoms with van der Waals surface area (Å²) in [5.41, 5.74) is 5.90. The highest BCUT2D eigenvalue weighted by atomic mass is 16.3. The smallest absolute Gasteiger partial charge is 0.261 e. The minimum absolute atomic E-state index is 0.116. The van der Waals surface area contributed by atoms with E-state index in [0.717, 1.165) is 24.2 Å². The van der Waals surface area contributed by atoms with Gasteiger partial charge in [-0.3, -0.25) is 19.3 Å². The first-order valence-electron chi connectivity index (χ1n) is 13.1. The van der Waals surface area contributed by atoms with Gasteiger partial charge in [-0.25, -0.2) is 0 Å². The van der Waals surface area contributed by atoms with E-state index in [9.17, 15) is 24.6 Å². The number of carbonyl (C=O) groups excluding carboxylic acids is 2. The zero-order valence-electron chi connectivity index (χ0n) is 21.6. The van der Waals surface area contributed by atoms with Crippen LogP contribution < -0.4 is 16.6 Å². The first-order valence-corrected chi connectivity index (χ1v) is 13.1. The fraction of sp³-hybridized carbons (Fsp3) is 0.536. The average molecular weight is 509 g/mol. The lowest BCUT2D eigenvalue weighted by Gasteiger charge is -2.60. The number of rotatable bonds is 6. The number of piperidine rings is 1. The van der Waals surface area contributed by atoms with Gasteiger partial charge in [-0.1, -0.05) is 6.07 Å². The van der Waals surface area contributed by atoms with Gasteiger partial charge in [-0.05, 0) is 87.4 Å². The summed E-state index contributed by atoms with van der Waals surface area (Å²) in [5, 5.41) is 25.5. The van der Waals surface area contributed by atoms with Crippen molar-refractivity contribution in [3.05, 3.63) is 62.6 Å². The lowest BCUT2D eigenvalue weighted by atomic mass is 9.53. The first-order chi connectivity index (χ1) is 17.4. The molecule has 2 heterocycles. The summed E-state index contributed by atoms with van der Waals surface area (Å²) in [6.45, 7) is 7.25. The van der Waals surface area contributed by atoms with Gasteiger partial charge in [0, 0.05) is 36.5 Å². The molecule has 6 N–H and O–H groups in total. The number of phenols is 1. The minimum Gasteiger partial charge on any atom is -0.508 e. The quantitative estimate of drug-likeness (QED) is 0.397. The Morgan fingerprint density at radius 2 is 2.00 bits per heavy atom. The number of aliphatic hydroxyl groups is 1. The zero-order chi connectivity index (χ0) is 26.7. The minimum atomic E-state index is -1.21. The Labute approximate surface area is 216 Å². The number of nitrogens with two attached hydrogens (primary N) is 1. The molecular formula is C28H36N4O5. The van der Waals surface area contributed by atoms with Gasteiger partial charge in [-0.15, -0.1) is 0 Å². The Balaban J connectivity index is 1.61. The zero-order valence-corrected chi connectivity index (χ0v) is 21.6. The Kier molecular flexibility index (Phi) is 6.19. The number of pyridine rings is 1. The number of nitrogens with one attached hydrogen (secondary N) is 2. The van der Waals surface area contributed by atoms with E-state index in [2.05, 4.69) is 22.1 Å². The number of aryl methyl sites for hydroxylation is 1. The monoisotopic (exact) mass is 508 g/mol. The van der Waals surface area contributed by atoms with Crippen molar-refractivity contribution in [2.75, 3.05) is 13.1 Å². The van der Waals surface area contributed by atoms with Crippen LogP contribution in [0.25, 0.3) is 0 Å². The van der Waals surface area contributed by atoms with Gasteiger partial charge in [-0.2, -0.15) is 0 Å². The van der Waals surface area contributed by atoms with Crippen LogP contribution in [0, 0.1) is 12.8 Å². The number of fused-ring (bicyclic) bond motifs is 2. The molecule has 1 aromatic carbocycles. The standard InChI is InChI=1S/C28H36N4O5/c1-15-4-7-20(33)11-22(15)27-8-9-32(14-18-5-6-18)17(3)28(27,37)12-19-10-21(26(36)31-23(19)13-27)25(35)30-16(2)24(29)34/h4,7,10-11,16-18,33,37H,5-6,8-9,12-14H2,1-3H3,(H2,29,34)(H,30,35)(H,31,36)/t16-,17+,27+,28+/m0/s1. The van der Waals surface area contributed by atoms with Crippen molar-refractivity contribution in [2.45, 2.75) is 76.0 Å². The molecule has 1 aliphatic heterocycles. The normalized spacial score (nSPS) is 28.2. The van der Waals surface area contributed by atoms with Crippen LogP contribution in [0.2, 0.25) is 0 Å². The number of amides is 2. The molecule has 0 bridgehead atoms. The highest BCUT2D eigenvalue weighted by Gasteiger charge is 2.61. The summed E-state index contributed by atoms with van der Waals surface area (Å²) >= 11 is 0. The largest absolute Gasteiger partial charge is 0.508 e. The van der Waals surface area contributed by atoms with E-state index >= 15 is 0 Å². The van der Waals surface area contributed by atoms with Crippen molar-refractivity contribution in [3.63, 3.8) is 0 Å². The van der Waals surface area contributed by atoms with Gasteiger partial charge in [0.2, 0.25) is 5.91 Å². The third-order valence-electron chi connectivity index (χ3n) is 8.99. The fourth-order valence-corrected chi connectivity index (χ4v) is 6.51. The number of nitrogens with zero attached hydrogens (tertiary/aromatic N) is 1. The van der Waals surface area contributed by atoms with Gasteiger partial charge in [0.25, 0.3) is 11.5 Å². The number of phenolic OH excluding ortho intramolecular Hbond substituents is 1. The SMILES string of the molecule is Cc1ccc(O)cc1[C@]12CCN(CC3CC3)[C@H](C)[C@]1(O)Cc1cc(C(=O)N[C@@H](C)C(N)=O)c(=O)[nH]c1C2. The van der Waals surface area contributed by atoms with Gasteiger partial charge in [0.1, 0.15) is 17.4 Å². The lowest BCUT2D eigenvalue weighted by molar-refractivity contribution is -0.139. The summed E-state index contributed by atoms with van der Waals surface area (Å²) in [7, 11) is 0. The van der Waals surface area contributed by atoms with E-state index in [4.69, 9.17) is 5.73 Å². The Hall–Kier alpha value is -3.17. The van der Waals surface area contributed by atoms with E-state index in [1.165, 1.54) is 19.8 Å². The number of aromatic nitrogens is 1. The number of H-pyrrole nitrogens is 1. The van der Waals surface area contributed by atoms with Gasteiger partial charge >= 0.3 is 0 Å². The molecule has 1 aromatic heterocycles. The molecule has 37 heavy (non-hydrogen) atoms. The second kappa shape index (κ2) is 8.99. The Bertz CT molecular complexity index is 1320. The Morgan fingerprint density at radius 3 is 2.68 bits per heavy atom. The molecule has 1 saturated heterocycles. The van der Waals surface area contributed by atoms with E-state index in [1.807, 2.05) is 13.0 Å². The molecule has 4 atom stereocenters.